The van der Waals surface area contributed by atoms with Crippen molar-refractivity contribution in [3.63, 3.8) is 0 Å². The van der Waals surface area contributed by atoms with Gasteiger partial charge in [-0.1, -0.05) is 18.2 Å². The van der Waals surface area contributed by atoms with Crippen molar-refractivity contribution in [2.24, 2.45) is 0 Å². The molecule has 0 fully saturated rings. The molecule has 0 amide bonds. The van der Waals surface area contributed by atoms with Gasteiger partial charge in [0.05, 0.1) is 26.1 Å². The molecular formula is C16H18N2O4. The minimum atomic E-state index is -0.614. The Morgan fingerprint density at radius 3 is 2.50 bits per heavy atom. The van der Waals surface area contributed by atoms with E-state index in [1.807, 2.05) is 35.2 Å². The summed E-state index contributed by atoms with van der Waals surface area (Å²) >= 11 is 0. The number of methoxy groups -OCH3 is 1. The van der Waals surface area contributed by atoms with Gasteiger partial charge in [0.2, 0.25) is 0 Å². The zero-order valence-corrected chi connectivity index (χ0v) is 12.4. The molecule has 0 heterocycles. The van der Waals surface area contributed by atoms with E-state index < -0.39 is 11.9 Å². The van der Waals surface area contributed by atoms with Crippen molar-refractivity contribution in [1.29, 1.82) is 5.26 Å². The Bertz CT molecular complexity index is 549. The van der Waals surface area contributed by atoms with Crippen molar-refractivity contribution in [2.75, 3.05) is 31.7 Å². The first-order chi connectivity index (χ1) is 10.7. The standard InChI is InChI=1S/C16H18N2O4/c1-21-15(19)8-9-16(20)22-13-12-18(11-5-10-17)14-6-3-2-4-7-14/h2-4,6-9H,5,11-13H2,1H3. The lowest BCUT2D eigenvalue weighted by Crippen LogP contribution is -2.29. The van der Waals surface area contributed by atoms with Crippen LogP contribution in [-0.4, -0.2) is 38.7 Å². The average molecular weight is 302 g/mol. The molecule has 0 aliphatic rings. The summed E-state index contributed by atoms with van der Waals surface area (Å²) in [6, 6.07) is 11.7. The number of rotatable bonds is 8. The fourth-order valence-electron chi connectivity index (χ4n) is 1.70. The third-order valence-electron chi connectivity index (χ3n) is 2.78. The molecule has 6 heteroatoms. The second-order valence-electron chi connectivity index (χ2n) is 4.25. The Balaban J connectivity index is 2.47. The quantitative estimate of drug-likeness (QED) is 0.537. The molecule has 0 aliphatic carbocycles. The normalized spacial score (nSPS) is 10.0. The Labute approximate surface area is 129 Å². The lowest BCUT2D eigenvalue weighted by Gasteiger charge is -2.23. The molecule has 1 aromatic carbocycles. The number of esters is 2. The summed E-state index contributed by atoms with van der Waals surface area (Å²) in [5.74, 6) is -1.23. The molecule has 22 heavy (non-hydrogen) atoms. The molecule has 0 saturated heterocycles. The molecule has 0 unspecified atom stereocenters. The van der Waals surface area contributed by atoms with Gasteiger partial charge in [0.25, 0.3) is 0 Å². The molecule has 6 nitrogen and oxygen atoms in total. The molecule has 0 bridgehead atoms. The fraction of sp³-hybridized carbons (Fsp3) is 0.312. The van der Waals surface area contributed by atoms with Crippen LogP contribution < -0.4 is 4.90 Å². The Kier molecular flexibility index (Phi) is 7.83. The number of hydrogen-bond acceptors (Lipinski definition) is 6. The van der Waals surface area contributed by atoms with Crippen LogP contribution in [-0.2, 0) is 19.1 Å². The van der Waals surface area contributed by atoms with Crippen molar-refractivity contribution < 1.29 is 19.1 Å². The second kappa shape index (κ2) is 10.00. The van der Waals surface area contributed by atoms with Crippen LogP contribution in [0.3, 0.4) is 0 Å². The number of carbonyl (C=O) groups excluding carboxylic acids is 2. The van der Waals surface area contributed by atoms with Gasteiger partial charge in [0.1, 0.15) is 6.61 Å². The number of nitriles is 1. The fourth-order valence-corrected chi connectivity index (χ4v) is 1.70. The van der Waals surface area contributed by atoms with Gasteiger partial charge in [-0.25, -0.2) is 9.59 Å². The molecule has 116 valence electrons. The van der Waals surface area contributed by atoms with E-state index in [0.717, 1.165) is 17.8 Å². The molecule has 0 saturated carbocycles. The Morgan fingerprint density at radius 1 is 1.18 bits per heavy atom. The van der Waals surface area contributed by atoms with Crippen LogP contribution >= 0.6 is 0 Å². The van der Waals surface area contributed by atoms with E-state index in [2.05, 4.69) is 10.8 Å². The van der Waals surface area contributed by atoms with Gasteiger partial charge in [0.15, 0.2) is 0 Å². The number of carbonyl (C=O) groups is 2. The third kappa shape index (κ3) is 6.57. The van der Waals surface area contributed by atoms with Crippen molar-refractivity contribution in [2.45, 2.75) is 6.42 Å². The molecule has 0 aromatic heterocycles. The molecule has 0 radical (unpaired) electrons. The summed E-state index contributed by atoms with van der Waals surface area (Å²) in [6.45, 7) is 1.17. The van der Waals surface area contributed by atoms with Gasteiger partial charge in [-0.2, -0.15) is 5.26 Å². The minimum Gasteiger partial charge on any atom is -0.466 e. The molecule has 0 aliphatic heterocycles. The molecule has 1 aromatic rings. The largest absolute Gasteiger partial charge is 0.466 e. The van der Waals surface area contributed by atoms with Crippen LogP contribution in [0.2, 0.25) is 0 Å². The maximum atomic E-state index is 11.4. The maximum Gasteiger partial charge on any atom is 0.331 e. The molecule has 0 spiro atoms. The lowest BCUT2D eigenvalue weighted by atomic mass is 10.2. The first kappa shape index (κ1) is 17.2. The number of benzene rings is 1. The van der Waals surface area contributed by atoms with E-state index in [0.29, 0.717) is 19.5 Å². The van der Waals surface area contributed by atoms with Crippen molar-refractivity contribution in [3.8, 4) is 6.07 Å². The summed E-state index contributed by atoms with van der Waals surface area (Å²) in [4.78, 5) is 24.2. The monoisotopic (exact) mass is 302 g/mol. The summed E-state index contributed by atoms with van der Waals surface area (Å²) in [5.41, 5.74) is 0.957. The highest BCUT2D eigenvalue weighted by Crippen LogP contribution is 2.13. The van der Waals surface area contributed by atoms with Gasteiger partial charge >= 0.3 is 11.9 Å². The topological polar surface area (TPSA) is 79.6 Å². The van der Waals surface area contributed by atoms with Crippen molar-refractivity contribution in [1.82, 2.24) is 0 Å². The zero-order valence-electron chi connectivity index (χ0n) is 12.4. The number of nitrogens with zero attached hydrogens (tertiary/aromatic N) is 2. The molecule has 0 atom stereocenters. The average Bonchev–Trinajstić information content (AvgIpc) is 2.56. The third-order valence-corrected chi connectivity index (χ3v) is 2.78. The first-order valence-corrected chi connectivity index (χ1v) is 6.77. The van der Waals surface area contributed by atoms with Crippen LogP contribution in [0.5, 0.6) is 0 Å². The zero-order chi connectivity index (χ0) is 16.2. The molecule has 1 rings (SSSR count). The maximum absolute atomic E-state index is 11.4. The van der Waals surface area contributed by atoms with Crippen LogP contribution in [0, 0.1) is 11.3 Å². The number of ether oxygens (including phenoxy) is 2. The highest BCUT2D eigenvalue weighted by molar-refractivity contribution is 5.91. The highest BCUT2D eigenvalue weighted by atomic mass is 16.5. The van der Waals surface area contributed by atoms with Gasteiger partial charge in [-0.05, 0) is 12.1 Å². The van der Waals surface area contributed by atoms with E-state index in [-0.39, 0.29) is 6.61 Å². The Hall–Kier alpha value is -2.81. The lowest BCUT2D eigenvalue weighted by molar-refractivity contribution is -0.139. The van der Waals surface area contributed by atoms with Gasteiger partial charge in [0, 0.05) is 24.4 Å². The minimum absolute atomic E-state index is 0.157. The number of hydrogen-bond donors (Lipinski definition) is 0. The highest BCUT2D eigenvalue weighted by Gasteiger charge is 2.07. The van der Waals surface area contributed by atoms with Crippen molar-refractivity contribution in [3.05, 3.63) is 42.5 Å². The summed E-state index contributed by atoms with van der Waals surface area (Å²) in [7, 11) is 1.23. The number of para-hydroxylation sites is 1. The van der Waals surface area contributed by atoms with Gasteiger partial charge in [-0.15, -0.1) is 0 Å². The van der Waals surface area contributed by atoms with E-state index in [9.17, 15) is 9.59 Å². The number of anilines is 1. The predicted molar refractivity (Wildman–Crippen MR) is 81.0 cm³/mol. The Morgan fingerprint density at radius 2 is 1.86 bits per heavy atom. The van der Waals surface area contributed by atoms with Gasteiger partial charge in [-0.3, -0.25) is 0 Å². The van der Waals surface area contributed by atoms with Crippen LogP contribution in [0.15, 0.2) is 42.5 Å². The van der Waals surface area contributed by atoms with Crippen LogP contribution in [0.4, 0.5) is 5.69 Å². The van der Waals surface area contributed by atoms with Crippen molar-refractivity contribution >= 4 is 17.6 Å². The molecular weight excluding hydrogens is 284 g/mol. The summed E-state index contributed by atoms with van der Waals surface area (Å²) < 4.78 is 9.38. The SMILES string of the molecule is COC(=O)C=CC(=O)OCCN(CCC#N)c1ccccc1. The van der Waals surface area contributed by atoms with E-state index >= 15 is 0 Å². The van der Waals surface area contributed by atoms with E-state index in [1.54, 1.807) is 0 Å². The smallest absolute Gasteiger partial charge is 0.331 e. The molecule has 0 N–H and O–H groups in total. The van der Waals surface area contributed by atoms with E-state index in [4.69, 9.17) is 10.00 Å². The first-order valence-electron chi connectivity index (χ1n) is 6.77. The summed E-state index contributed by atoms with van der Waals surface area (Å²) in [6.07, 6.45) is 2.41. The predicted octanol–water partition coefficient (Wildman–Crippen LogP) is 1.68. The van der Waals surface area contributed by atoms with Crippen LogP contribution in [0.25, 0.3) is 0 Å². The van der Waals surface area contributed by atoms with E-state index in [1.165, 1.54) is 7.11 Å². The second-order valence-corrected chi connectivity index (χ2v) is 4.25. The van der Waals surface area contributed by atoms with Gasteiger partial charge < -0.3 is 14.4 Å². The van der Waals surface area contributed by atoms with Crippen LogP contribution in [0.1, 0.15) is 6.42 Å². The summed E-state index contributed by atoms with van der Waals surface area (Å²) in [5, 5.41) is 8.71.